The Morgan fingerprint density at radius 2 is 2.10 bits per heavy atom. The van der Waals surface area contributed by atoms with E-state index in [-0.39, 0.29) is 9.14 Å². The van der Waals surface area contributed by atoms with Crippen molar-refractivity contribution in [1.82, 2.24) is 10.4 Å². The lowest BCUT2D eigenvalue weighted by atomic mass is 10.1. The number of rotatable bonds is 3. The maximum absolute atomic E-state index is 12.1. The zero-order valence-electron chi connectivity index (χ0n) is 11.7. The molecule has 1 amide bonds. The SMILES string of the molecule is Cc1[nH]c2ccccc2c1C=NNC(=O)[C@]1(C)CC1(Br)Br. The third-order valence-corrected chi connectivity index (χ3v) is 6.37. The Balaban J connectivity index is 1.77. The molecule has 1 aliphatic rings. The molecule has 2 aromatic rings. The molecule has 0 radical (unpaired) electrons. The molecule has 2 N–H and O–H groups in total. The highest BCUT2D eigenvalue weighted by atomic mass is 79.9. The highest BCUT2D eigenvalue weighted by Crippen LogP contribution is 2.66. The van der Waals surface area contributed by atoms with Gasteiger partial charge in [0.25, 0.3) is 0 Å². The van der Waals surface area contributed by atoms with E-state index in [1.165, 1.54) is 0 Å². The van der Waals surface area contributed by atoms with Crippen LogP contribution in [0, 0.1) is 12.3 Å². The van der Waals surface area contributed by atoms with Crippen LogP contribution in [0.5, 0.6) is 0 Å². The summed E-state index contributed by atoms with van der Waals surface area (Å²) in [5, 5.41) is 5.21. The predicted octanol–water partition coefficient (Wildman–Crippen LogP) is 3.82. The Morgan fingerprint density at radius 1 is 1.43 bits per heavy atom. The van der Waals surface area contributed by atoms with Crippen molar-refractivity contribution in [3.05, 3.63) is 35.5 Å². The second kappa shape index (κ2) is 4.95. The first-order valence-corrected chi connectivity index (χ1v) is 8.22. The van der Waals surface area contributed by atoms with Gasteiger partial charge in [0.15, 0.2) is 0 Å². The van der Waals surface area contributed by atoms with Crippen LogP contribution in [0.2, 0.25) is 0 Å². The zero-order valence-corrected chi connectivity index (χ0v) is 14.9. The van der Waals surface area contributed by atoms with Crippen LogP contribution in [0.25, 0.3) is 10.9 Å². The molecule has 1 fully saturated rings. The van der Waals surface area contributed by atoms with Crippen LogP contribution in [0.3, 0.4) is 0 Å². The van der Waals surface area contributed by atoms with E-state index in [0.717, 1.165) is 28.6 Å². The van der Waals surface area contributed by atoms with Crippen LogP contribution in [0.1, 0.15) is 24.6 Å². The number of aromatic amines is 1. The number of hydrazone groups is 1. The monoisotopic (exact) mass is 411 g/mol. The van der Waals surface area contributed by atoms with E-state index >= 15 is 0 Å². The van der Waals surface area contributed by atoms with Crippen LogP contribution in [-0.4, -0.2) is 20.3 Å². The molecule has 110 valence electrons. The van der Waals surface area contributed by atoms with Gasteiger partial charge < -0.3 is 4.98 Å². The van der Waals surface area contributed by atoms with Crippen molar-refractivity contribution in [1.29, 1.82) is 0 Å². The van der Waals surface area contributed by atoms with E-state index in [1.807, 2.05) is 38.1 Å². The number of benzene rings is 1. The highest BCUT2D eigenvalue weighted by molar-refractivity contribution is 9.25. The zero-order chi connectivity index (χ0) is 15.3. The van der Waals surface area contributed by atoms with Crippen molar-refractivity contribution >= 4 is 54.9 Å². The maximum atomic E-state index is 12.1. The lowest BCUT2D eigenvalue weighted by Crippen LogP contribution is -2.29. The molecule has 0 saturated heterocycles. The largest absolute Gasteiger partial charge is 0.358 e. The second-order valence-corrected chi connectivity index (χ2v) is 9.39. The summed E-state index contributed by atoms with van der Waals surface area (Å²) in [5.74, 6) is -0.0926. The Hall–Kier alpha value is -1.14. The van der Waals surface area contributed by atoms with Gasteiger partial charge >= 0.3 is 0 Å². The van der Waals surface area contributed by atoms with E-state index in [4.69, 9.17) is 0 Å². The number of alkyl halides is 2. The van der Waals surface area contributed by atoms with Crippen molar-refractivity contribution < 1.29 is 4.79 Å². The van der Waals surface area contributed by atoms with Gasteiger partial charge in [-0.05, 0) is 26.3 Å². The molecule has 3 rings (SSSR count). The number of halogens is 2. The van der Waals surface area contributed by atoms with E-state index in [0.29, 0.717) is 0 Å². The average molecular weight is 413 g/mol. The molecular weight excluding hydrogens is 398 g/mol. The molecule has 1 heterocycles. The standard InChI is InChI=1S/C15H15Br2N3O/c1-9-11(10-5-3-4-6-12(10)19-9)7-18-20-13(21)14(2)8-15(14,16)17/h3-7,19H,8H2,1-2H3,(H,20,21)/t14-/m0/s1. The third-order valence-electron chi connectivity index (χ3n) is 4.06. The highest BCUT2D eigenvalue weighted by Gasteiger charge is 2.66. The van der Waals surface area contributed by atoms with Gasteiger partial charge in [-0.2, -0.15) is 5.10 Å². The summed E-state index contributed by atoms with van der Waals surface area (Å²) in [6.45, 7) is 3.89. The first-order chi connectivity index (χ1) is 9.85. The smallest absolute Gasteiger partial charge is 0.248 e. The topological polar surface area (TPSA) is 57.2 Å². The lowest BCUT2D eigenvalue weighted by Gasteiger charge is -2.09. The summed E-state index contributed by atoms with van der Waals surface area (Å²) in [6.07, 6.45) is 2.44. The fourth-order valence-electron chi connectivity index (χ4n) is 2.39. The van der Waals surface area contributed by atoms with Crippen LogP contribution in [0.4, 0.5) is 0 Å². The Kier molecular flexibility index (Phi) is 3.48. The summed E-state index contributed by atoms with van der Waals surface area (Å²) >= 11 is 6.97. The van der Waals surface area contributed by atoms with Crippen molar-refractivity contribution in [2.24, 2.45) is 10.5 Å². The molecule has 0 spiro atoms. The summed E-state index contributed by atoms with van der Waals surface area (Å²) in [7, 11) is 0. The summed E-state index contributed by atoms with van der Waals surface area (Å²) in [4.78, 5) is 15.4. The van der Waals surface area contributed by atoms with Crippen LogP contribution in [-0.2, 0) is 4.79 Å². The van der Waals surface area contributed by atoms with Crippen LogP contribution >= 0.6 is 31.9 Å². The first kappa shape index (κ1) is 14.8. The average Bonchev–Trinajstić information content (AvgIpc) is 2.79. The number of para-hydroxylation sites is 1. The molecule has 1 aromatic heterocycles. The van der Waals surface area contributed by atoms with E-state index in [9.17, 15) is 4.79 Å². The Morgan fingerprint density at radius 3 is 2.76 bits per heavy atom. The van der Waals surface area contributed by atoms with Gasteiger partial charge in [-0.25, -0.2) is 5.43 Å². The van der Waals surface area contributed by atoms with Crippen LogP contribution in [0.15, 0.2) is 29.4 Å². The van der Waals surface area contributed by atoms with Gasteiger partial charge in [0, 0.05) is 22.2 Å². The Bertz CT molecular complexity index is 750. The number of hydrogen-bond donors (Lipinski definition) is 2. The van der Waals surface area contributed by atoms with Gasteiger partial charge in [0.05, 0.1) is 14.9 Å². The minimum atomic E-state index is -0.459. The van der Waals surface area contributed by atoms with Crippen molar-refractivity contribution in [3.63, 3.8) is 0 Å². The molecule has 4 nitrogen and oxygen atoms in total. The number of aromatic nitrogens is 1. The van der Waals surface area contributed by atoms with E-state index in [1.54, 1.807) is 6.21 Å². The number of H-pyrrole nitrogens is 1. The van der Waals surface area contributed by atoms with E-state index < -0.39 is 5.41 Å². The minimum absolute atomic E-state index is 0.0926. The number of aryl methyl sites for hydroxylation is 1. The van der Waals surface area contributed by atoms with Gasteiger partial charge in [-0.15, -0.1) is 0 Å². The number of fused-ring (bicyclic) bond motifs is 1. The molecule has 1 aliphatic carbocycles. The van der Waals surface area contributed by atoms with Gasteiger partial charge in [-0.3, -0.25) is 4.79 Å². The van der Waals surface area contributed by atoms with Gasteiger partial charge in [0.1, 0.15) is 0 Å². The molecule has 0 unspecified atom stereocenters. The third kappa shape index (κ3) is 2.44. The maximum Gasteiger partial charge on any atom is 0.248 e. The number of carbonyl (C=O) groups excluding carboxylic acids is 1. The fraction of sp³-hybridized carbons (Fsp3) is 0.333. The van der Waals surface area contributed by atoms with Gasteiger partial charge in [-0.1, -0.05) is 50.1 Å². The molecule has 1 atom stereocenters. The second-order valence-electron chi connectivity index (χ2n) is 5.62. The first-order valence-electron chi connectivity index (χ1n) is 6.64. The quantitative estimate of drug-likeness (QED) is 0.449. The van der Waals surface area contributed by atoms with E-state index in [2.05, 4.69) is 47.4 Å². The predicted molar refractivity (Wildman–Crippen MR) is 92.1 cm³/mol. The lowest BCUT2D eigenvalue weighted by molar-refractivity contribution is -0.125. The fourth-order valence-corrected chi connectivity index (χ4v) is 3.87. The van der Waals surface area contributed by atoms with Crippen molar-refractivity contribution in [2.45, 2.75) is 23.5 Å². The van der Waals surface area contributed by atoms with Crippen molar-refractivity contribution in [2.75, 3.05) is 0 Å². The number of nitrogens with zero attached hydrogens (tertiary/aromatic N) is 1. The molecular formula is C15H15Br2N3O. The van der Waals surface area contributed by atoms with Gasteiger partial charge in [0.2, 0.25) is 5.91 Å². The normalized spacial score (nSPS) is 23.6. The summed E-state index contributed by atoms with van der Waals surface area (Å²) in [6, 6.07) is 8.03. The molecule has 0 bridgehead atoms. The Labute approximate surface area is 139 Å². The summed E-state index contributed by atoms with van der Waals surface area (Å²) < 4.78 is -0.302. The van der Waals surface area contributed by atoms with Crippen molar-refractivity contribution in [3.8, 4) is 0 Å². The number of hydrogen-bond acceptors (Lipinski definition) is 2. The van der Waals surface area contributed by atoms with Crippen LogP contribution < -0.4 is 5.43 Å². The molecule has 21 heavy (non-hydrogen) atoms. The molecule has 1 aromatic carbocycles. The molecule has 1 saturated carbocycles. The number of nitrogens with one attached hydrogen (secondary N) is 2. The number of carbonyl (C=O) groups is 1. The number of amides is 1. The summed E-state index contributed by atoms with van der Waals surface area (Å²) in [5.41, 5.74) is 5.26. The minimum Gasteiger partial charge on any atom is -0.358 e. The molecule has 6 heteroatoms. The molecule has 0 aliphatic heterocycles.